The Hall–Kier alpha value is -5.14. The molecule has 0 radical (unpaired) electrons. The molecule has 2 aliphatic carbocycles. The number of pyridine rings is 1. The second-order valence-corrected chi connectivity index (χ2v) is 22.8. The molecule has 2 saturated heterocycles. The van der Waals surface area contributed by atoms with E-state index >= 15 is 0 Å². The lowest BCUT2D eigenvalue weighted by Gasteiger charge is -2.39. The molecular formula is C48H53ClF3N7O6S2. The molecule has 3 fully saturated rings. The van der Waals surface area contributed by atoms with E-state index in [-0.39, 0.29) is 34.3 Å². The summed E-state index contributed by atoms with van der Waals surface area (Å²) in [5.74, 6) is -1.06. The van der Waals surface area contributed by atoms with E-state index in [1.807, 2.05) is 16.9 Å². The van der Waals surface area contributed by atoms with Gasteiger partial charge in [0, 0.05) is 86.9 Å². The predicted molar refractivity (Wildman–Crippen MR) is 253 cm³/mol. The second kappa shape index (κ2) is 18.4. The van der Waals surface area contributed by atoms with Crippen molar-refractivity contribution < 1.29 is 39.5 Å². The molecule has 3 aromatic carbocycles. The summed E-state index contributed by atoms with van der Waals surface area (Å²) in [6.45, 7) is 9.65. The first-order chi connectivity index (χ1) is 31.8. The number of allylic oxidation sites excluding steroid dienone is 1. The van der Waals surface area contributed by atoms with Crippen molar-refractivity contribution in [3.8, 4) is 11.6 Å². The van der Waals surface area contributed by atoms with Crippen LogP contribution < -0.4 is 19.7 Å². The van der Waals surface area contributed by atoms with E-state index in [2.05, 4.69) is 56.0 Å². The van der Waals surface area contributed by atoms with Gasteiger partial charge in [-0.15, -0.1) is 0 Å². The highest BCUT2D eigenvalue weighted by atomic mass is 35.5. The Kier molecular flexibility index (Phi) is 12.9. The molecule has 13 nitrogen and oxygen atoms in total. The molecule has 0 spiro atoms. The number of aromatic amines is 1. The maximum absolute atomic E-state index is 14.1. The van der Waals surface area contributed by atoms with Crippen LogP contribution in [0.2, 0.25) is 5.02 Å². The Labute approximate surface area is 393 Å². The fraction of sp³-hybridized carbons (Fsp3) is 0.417. The number of carbonyl (C=O) groups is 1. The zero-order chi connectivity index (χ0) is 47.3. The number of benzene rings is 3. The van der Waals surface area contributed by atoms with Gasteiger partial charge in [0.1, 0.15) is 10.6 Å². The van der Waals surface area contributed by atoms with Crippen LogP contribution in [0, 0.1) is 5.41 Å². The number of sulfonamides is 1. The number of piperazine rings is 1. The van der Waals surface area contributed by atoms with Gasteiger partial charge in [0.2, 0.25) is 5.88 Å². The van der Waals surface area contributed by atoms with Crippen molar-refractivity contribution in [2.75, 3.05) is 56.0 Å². The SMILES string of the molecule is CC1(C)CCC(CN2CCN(c3ccc(C(=O)NS(=O)(=O)c4ccc(NC5CCN(C6CC6)CC5)c(S(=O)(=O)C(F)(F)F)c4)c(Oc4ccc5[nH]ccc5n4)c3)CC2)=C(c2ccc(Cl)cc2)C1. The molecule has 3 N–H and O–H groups in total. The molecule has 5 aromatic rings. The fourth-order valence-corrected chi connectivity index (χ4v) is 11.5. The Balaban J connectivity index is 0.951. The number of carbonyl (C=O) groups excluding carboxylic acids is 1. The Morgan fingerprint density at radius 2 is 1.63 bits per heavy atom. The normalized spacial score (nSPS) is 19.2. The summed E-state index contributed by atoms with van der Waals surface area (Å²) in [4.78, 5) is 26.4. The minimum atomic E-state index is -6.03. The number of sulfone groups is 1. The zero-order valence-electron chi connectivity index (χ0n) is 37.2. The van der Waals surface area contributed by atoms with Crippen LogP contribution in [-0.4, -0.2) is 106 Å². The van der Waals surface area contributed by atoms with E-state index in [1.54, 1.807) is 36.5 Å². The number of nitrogens with one attached hydrogen (secondary N) is 3. The average Bonchev–Trinajstić information content (AvgIpc) is 4.04. The number of piperidine rings is 1. The summed E-state index contributed by atoms with van der Waals surface area (Å²) in [6, 6.07) is 20.5. The van der Waals surface area contributed by atoms with E-state index < -0.39 is 41.1 Å². The van der Waals surface area contributed by atoms with Gasteiger partial charge in [0.15, 0.2) is 0 Å². The highest BCUT2D eigenvalue weighted by molar-refractivity contribution is 7.92. The van der Waals surface area contributed by atoms with Crippen LogP contribution in [0.25, 0.3) is 16.6 Å². The zero-order valence-corrected chi connectivity index (χ0v) is 39.6. The Morgan fingerprint density at radius 1 is 0.896 bits per heavy atom. The van der Waals surface area contributed by atoms with E-state index in [4.69, 9.17) is 16.3 Å². The number of halogens is 4. The number of amides is 1. The Bertz CT molecular complexity index is 2920. The van der Waals surface area contributed by atoms with E-state index in [9.17, 15) is 34.8 Å². The maximum Gasteiger partial charge on any atom is 0.501 e. The van der Waals surface area contributed by atoms with Gasteiger partial charge in [0.25, 0.3) is 25.8 Å². The van der Waals surface area contributed by atoms with Crippen molar-refractivity contribution in [1.29, 1.82) is 0 Å². The summed E-state index contributed by atoms with van der Waals surface area (Å²) in [5.41, 5.74) is -0.0973. The highest BCUT2D eigenvalue weighted by Crippen LogP contribution is 2.44. The third-order valence-electron chi connectivity index (χ3n) is 13.4. The summed E-state index contributed by atoms with van der Waals surface area (Å²) in [5, 5.41) is 3.63. The molecule has 1 amide bonds. The number of hydrogen-bond donors (Lipinski definition) is 3. The van der Waals surface area contributed by atoms with Crippen molar-refractivity contribution >= 4 is 65.3 Å². The highest BCUT2D eigenvalue weighted by Gasteiger charge is 2.49. The number of likely N-dealkylation sites (tertiary alicyclic amines) is 1. The third kappa shape index (κ3) is 10.5. The minimum absolute atomic E-state index is 0.0229. The molecule has 19 heteroatoms. The maximum atomic E-state index is 14.1. The van der Waals surface area contributed by atoms with Gasteiger partial charge in [-0.1, -0.05) is 43.2 Å². The number of rotatable bonds is 13. The van der Waals surface area contributed by atoms with Gasteiger partial charge in [0.05, 0.1) is 27.2 Å². The lowest BCUT2D eigenvalue weighted by atomic mass is 9.72. The molecule has 0 bridgehead atoms. The monoisotopic (exact) mass is 979 g/mol. The summed E-state index contributed by atoms with van der Waals surface area (Å²) >= 11 is 6.23. The van der Waals surface area contributed by atoms with Gasteiger partial charge < -0.3 is 24.8 Å². The average molecular weight is 981 g/mol. The molecule has 67 heavy (non-hydrogen) atoms. The molecule has 4 aliphatic rings. The standard InChI is InChI=1S/C48H53ClF3N7O6S2/c1-47(2)19-15-32(39(29-47)31-3-5-33(49)6-4-31)30-57-23-25-59(26-24-57)36-9-11-38(43(27-36)65-45-14-13-40-41(55-45)16-20-53-40)46(60)56-67(63,64)37-10-12-42(44(28-37)66(61,62)48(50,51)52)54-34-17-21-58(22-18-34)35-7-8-35/h3-6,9-14,16,20,27-28,34-35,53-54H,7-8,15,17-19,21-26,29-30H2,1-2H3,(H,56,60). The lowest BCUT2D eigenvalue weighted by molar-refractivity contribution is -0.0435. The van der Waals surface area contributed by atoms with E-state index in [0.717, 1.165) is 69.4 Å². The molecule has 9 rings (SSSR count). The number of anilines is 2. The van der Waals surface area contributed by atoms with Crippen molar-refractivity contribution in [3.05, 3.63) is 107 Å². The largest absolute Gasteiger partial charge is 0.501 e. The first kappa shape index (κ1) is 46.9. The molecular weight excluding hydrogens is 927 g/mol. The predicted octanol–water partition coefficient (Wildman–Crippen LogP) is 9.25. The number of ether oxygens (including phenoxy) is 1. The van der Waals surface area contributed by atoms with Gasteiger partial charge in [-0.3, -0.25) is 9.69 Å². The van der Waals surface area contributed by atoms with Crippen LogP contribution in [0.4, 0.5) is 24.5 Å². The molecule has 2 aliphatic heterocycles. The first-order valence-corrected chi connectivity index (χ1v) is 25.9. The molecule has 1 saturated carbocycles. The Morgan fingerprint density at radius 3 is 2.33 bits per heavy atom. The fourth-order valence-electron chi connectivity index (χ4n) is 9.40. The van der Waals surface area contributed by atoms with E-state index in [0.29, 0.717) is 67.4 Å². The molecule has 356 valence electrons. The minimum Gasteiger partial charge on any atom is -0.438 e. The quantitative estimate of drug-likeness (QED) is 0.103. The number of alkyl halides is 3. The summed E-state index contributed by atoms with van der Waals surface area (Å²) < 4.78 is 104. The third-order valence-corrected chi connectivity index (χ3v) is 16.5. The molecule has 0 atom stereocenters. The van der Waals surface area contributed by atoms with Crippen molar-refractivity contribution in [2.24, 2.45) is 5.41 Å². The van der Waals surface area contributed by atoms with Crippen molar-refractivity contribution in [2.45, 2.75) is 86.2 Å². The van der Waals surface area contributed by atoms with E-state index in [1.165, 1.54) is 22.8 Å². The van der Waals surface area contributed by atoms with Gasteiger partial charge in [-0.05, 0) is 116 Å². The van der Waals surface area contributed by atoms with Crippen molar-refractivity contribution in [1.82, 2.24) is 24.5 Å². The van der Waals surface area contributed by atoms with Crippen LogP contribution >= 0.6 is 11.6 Å². The number of fused-ring (bicyclic) bond motifs is 1. The summed E-state index contributed by atoms with van der Waals surface area (Å²) in [6.07, 6.45) is 8.12. The van der Waals surface area contributed by atoms with Gasteiger partial charge in [-0.2, -0.15) is 13.2 Å². The number of nitrogens with zero attached hydrogens (tertiary/aromatic N) is 4. The van der Waals surface area contributed by atoms with Crippen LogP contribution in [0.3, 0.4) is 0 Å². The number of aromatic nitrogens is 2. The molecule has 2 aromatic heterocycles. The first-order valence-electron chi connectivity index (χ1n) is 22.6. The van der Waals surface area contributed by atoms with Crippen LogP contribution in [0.1, 0.15) is 74.7 Å². The summed E-state index contributed by atoms with van der Waals surface area (Å²) in [7, 11) is -11.0. The van der Waals surface area contributed by atoms with Gasteiger partial charge >= 0.3 is 5.51 Å². The van der Waals surface area contributed by atoms with Gasteiger partial charge in [-0.25, -0.2) is 26.5 Å². The second-order valence-electron chi connectivity index (χ2n) is 18.8. The van der Waals surface area contributed by atoms with Crippen LogP contribution in [0.5, 0.6) is 11.6 Å². The van der Waals surface area contributed by atoms with Crippen LogP contribution in [0.15, 0.2) is 100 Å². The topological polar surface area (TPSA) is 157 Å². The molecule has 4 heterocycles. The number of hydrogen-bond acceptors (Lipinski definition) is 11. The number of H-pyrrole nitrogens is 1. The smallest absolute Gasteiger partial charge is 0.438 e. The molecule has 0 unspecified atom stereocenters. The van der Waals surface area contributed by atoms with Crippen molar-refractivity contribution in [3.63, 3.8) is 0 Å². The van der Waals surface area contributed by atoms with Crippen LogP contribution in [-0.2, 0) is 19.9 Å². The lowest BCUT2D eigenvalue weighted by Crippen LogP contribution is -2.47.